The Balaban J connectivity index is 2.07. The Morgan fingerprint density at radius 1 is 1.47 bits per heavy atom. The highest BCUT2D eigenvalue weighted by molar-refractivity contribution is 5.72. The molecular weight excluding hydrogens is 240 g/mol. The van der Waals surface area contributed by atoms with E-state index in [1.54, 1.807) is 0 Å². The maximum atomic E-state index is 10.7. The summed E-state index contributed by atoms with van der Waals surface area (Å²) < 4.78 is 2.30. The van der Waals surface area contributed by atoms with Crippen molar-refractivity contribution in [2.24, 2.45) is 5.73 Å². The van der Waals surface area contributed by atoms with E-state index in [-0.39, 0.29) is 0 Å². The molecule has 0 amide bonds. The lowest BCUT2D eigenvalue weighted by molar-refractivity contribution is -0.138. The predicted molar refractivity (Wildman–Crippen MR) is 76.1 cm³/mol. The normalized spacial score (nSPS) is 15.3. The smallest absolute Gasteiger partial charge is 0.320 e. The molecule has 1 aliphatic carbocycles. The van der Waals surface area contributed by atoms with Crippen LogP contribution in [-0.4, -0.2) is 21.7 Å². The third-order valence-electron chi connectivity index (χ3n) is 4.02. The van der Waals surface area contributed by atoms with E-state index in [1.165, 1.54) is 22.5 Å². The van der Waals surface area contributed by atoms with Gasteiger partial charge in [0.05, 0.1) is 0 Å². The monoisotopic (exact) mass is 262 g/mol. The van der Waals surface area contributed by atoms with Crippen molar-refractivity contribution in [3.63, 3.8) is 0 Å². The molecule has 0 fully saturated rings. The van der Waals surface area contributed by atoms with Crippen LogP contribution in [0.3, 0.4) is 0 Å². The van der Waals surface area contributed by atoms with Crippen molar-refractivity contribution in [2.45, 2.75) is 52.1 Å². The van der Waals surface area contributed by atoms with Crippen LogP contribution in [-0.2, 0) is 17.8 Å². The lowest BCUT2D eigenvalue weighted by Crippen LogP contribution is -2.30. The Labute approximate surface area is 113 Å². The maximum Gasteiger partial charge on any atom is 0.320 e. The minimum atomic E-state index is -0.914. The minimum absolute atomic E-state index is 0.521. The van der Waals surface area contributed by atoms with E-state index < -0.39 is 12.0 Å². The van der Waals surface area contributed by atoms with Gasteiger partial charge in [0.2, 0.25) is 0 Å². The number of rotatable bonds is 5. The van der Waals surface area contributed by atoms with Crippen LogP contribution in [0.15, 0.2) is 6.08 Å². The quantitative estimate of drug-likeness (QED) is 0.855. The van der Waals surface area contributed by atoms with Gasteiger partial charge in [-0.05, 0) is 50.7 Å². The molecule has 1 aromatic heterocycles. The van der Waals surface area contributed by atoms with Gasteiger partial charge in [-0.3, -0.25) is 4.79 Å². The molecule has 1 heterocycles. The molecular formula is C15H22N2O2. The van der Waals surface area contributed by atoms with Gasteiger partial charge >= 0.3 is 5.97 Å². The van der Waals surface area contributed by atoms with Gasteiger partial charge in [0, 0.05) is 17.9 Å². The van der Waals surface area contributed by atoms with Crippen molar-refractivity contribution < 1.29 is 9.90 Å². The van der Waals surface area contributed by atoms with E-state index in [4.69, 9.17) is 10.8 Å². The fourth-order valence-electron chi connectivity index (χ4n) is 2.87. The molecule has 1 atom stereocenters. The Morgan fingerprint density at radius 3 is 2.84 bits per heavy atom. The Hall–Kier alpha value is -1.55. The van der Waals surface area contributed by atoms with Crippen molar-refractivity contribution >= 4 is 12.0 Å². The van der Waals surface area contributed by atoms with Crippen molar-refractivity contribution in [1.82, 2.24) is 4.57 Å². The number of aromatic nitrogens is 1. The molecule has 4 nitrogen and oxygen atoms in total. The molecule has 2 rings (SSSR count). The van der Waals surface area contributed by atoms with Gasteiger partial charge in [0.25, 0.3) is 0 Å². The fourth-order valence-corrected chi connectivity index (χ4v) is 2.87. The van der Waals surface area contributed by atoms with Gasteiger partial charge in [-0.2, -0.15) is 0 Å². The second-order valence-electron chi connectivity index (χ2n) is 5.24. The Kier molecular flexibility index (Phi) is 4.10. The first-order valence-electron chi connectivity index (χ1n) is 6.86. The molecule has 0 spiro atoms. The summed E-state index contributed by atoms with van der Waals surface area (Å²) >= 11 is 0. The summed E-state index contributed by atoms with van der Waals surface area (Å²) in [5, 5.41) is 8.78. The number of carboxylic acids is 1. The number of fused-ring (bicyclic) bond motifs is 1. The molecule has 0 radical (unpaired) electrons. The third-order valence-corrected chi connectivity index (χ3v) is 4.02. The zero-order valence-electron chi connectivity index (χ0n) is 11.6. The lowest BCUT2D eigenvalue weighted by Gasteiger charge is -2.11. The molecule has 1 aliphatic rings. The fraction of sp³-hybridized carbons (Fsp3) is 0.533. The summed E-state index contributed by atoms with van der Waals surface area (Å²) in [7, 11) is 0. The number of carboxylic acid groups (broad SMARTS) is 1. The Morgan fingerprint density at radius 2 is 2.21 bits per heavy atom. The van der Waals surface area contributed by atoms with Gasteiger partial charge in [-0.1, -0.05) is 12.2 Å². The Bertz CT molecular complexity index is 515. The highest BCUT2D eigenvalue weighted by Crippen LogP contribution is 2.28. The predicted octanol–water partition coefficient (Wildman–Crippen LogP) is 2.26. The lowest BCUT2D eigenvalue weighted by atomic mass is 9.99. The summed E-state index contributed by atoms with van der Waals surface area (Å²) in [6.45, 7) is 5.14. The molecule has 0 aromatic carbocycles. The van der Waals surface area contributed by atoms with E-state index >= 15 is 0 Å². The summed E-state index contributed by atoms with van der Waals surface area (Å²) in [6, 6.07) is -0.745. The number of nitrogens with two attached hydrogens (primary N) is 1. The van der Waals surface area contributed by atoms with Crippen LogP contribution in [0.1, 0.15) is 41.8 Å². The van der Waals surface area contributed by atoms with Gasteiger partial charge < -0.3 is 15.4 Å². The van der Waals surface area contributed by atoms with Crippen molar-refractivity contribution in [3.05, 3.63) is 28.6 Å². The van der Waals surface area contributed by atoms with E-state index in [0.717, 1.165) is 25.8 Å². The zero-order chi connectivity index (χ0) is 14.0. The standard InChI is InChI=1S/C15H22N2O2/c1-10-12-6-3-4-7-13(12)11(2)17(10)9-5-8-14(16)15(18)19/h3,6,14H,4-5,7-9,16H2,1-2H3,(H,18,19). The molecule has 0 aliphatic heterocycles. The molecule has 0 saturated carbocycles. The molecule has 4 heteroatoms. The molecule has 3 N–H and O–H groups in total. The van der Waals surface area contributed by atoms with Crippen LogP contribution in [0, 0.1) is 13.8 Å². The second kappa shape index (κ2) is 5.61. The first-order chi connectivity index (χ1) is 9.02. The van der Waals surface area contributed by atoms with Crippen molar-refractivity contribution in [1.29, 1.82) is 0 Å². The summed E-state index contributed by atoms with van der Waals surface area (Å²) in [5.74, 6) is -0.914. The van der Waals surface area contributed by atoms with Crippen molar-refractivity contribution in [3.8, 4) is 0 Å². The van der Waals surface area contributed by atoms with E-state index in [0.29, 0.717) is 6.42 Å². The van der Waals surface area contributed by atoms with Gasteiger partial charge in [0.15, 0.2) is 0 Å². The zero-order valence-corrected chi connectivity index (χ0v) is 11.6. The molecule has 1 unspecified atom stereocenters. The SMILES string of the molecule is Cc1c2c(c(C)n1CCCC(N)C(=O)O)CCC=C2. The number of hydrogen-bond acceptors (Lipinski definition) is 2. The minimum Gasteiger partial charge on any atom is -0.480 e. The van der Waals surface area contributed by atoms with Crippen LogP contribution < -0.4 is 5.73 Å². The van der Waals surface area contributed by atoms with Crippen LogP contribution in [0.25, 0.3) is 6.08 Å². The first kappa shape index (κ1) is 13.9. The number of carbonyl (C=O) groups is 1. The molecule has 104 valence electrons. The largest absolute Gasteiger partial charge is 0.480 e. The molecule has 0 saturated heterocycles. The van der Waals surface area contributed by atoms with E-state index in [1.807, 2.05) is 0 Å². The second-order valence-corrected chi connectivity index (χ2v) is 5.24. The molecule has 0 bridgehead atoms. The number of allylic oxidation sites excluding steroid dienone is 1. The highest BCUT2D eigenvalue weighted by atomic mass is 16.4. The number of hydrogen-bond donors (Lipinski definition) is 2. The first-order valence-corrected chi connectivity index (χ1v) is 6.86. The molecule has 19 heavy (non-hydrogen) atoms. The molecule has 1 aromatic rings. The van der Waals surface area contributed by atoms with E-state index in [2.05, 4.69) is 30.6 Å². The van der Waals surface area contributed by atoms with Crippen molar-refractivity contribution in [2.75, 3.05) is 0 Å². The third kappa shape index (κ3) is 2.73. The van der Waals surface area contributed by atoms with Crippen LogP contribution in [0.4, 0.5) is 0 Å². The average molecular weight is 262 g/mol. The number of nitrogens with zero attached hydrogens (tertiary/aromatic N) is 1. The topological polar surface area (TPSA) is 68.2 Å². The van der Waals surface area contributed by atoms with E-state index in [9.17, 15) is 4.79 Å². The maximum absolute atomic E-state index is 10.7. The summed E-state index contributed by atoms with van der Waals surface area (Å²) in [5.41, 5.74) is 10.9. The number of aliphatic carboxylic acids is 1. The van der Waals surface area contributed by atoms with Crippen LogP contribution in [0.5, 0.6) is 0 Å². The van der Waals surface area contributed by atoms with Gasteiger partial charge in [0.1, 0.15) is 6.04 Å². The summed E-state index contributed by atoms with van der Waals surface area (Å²) in [4.78, 5) is 10.7. The van der Waals surface area contributed by atoms with Gasteiger partial charge in [-0.15, -0.1) is 0 Å². The summed E-state index contributed by atoms with van der Waals surface area (Å²) in [6.07, 6.45) is 7.97. The van der Waals surface area contributed by atoms with Crippen LogP contribution in [0.2, 0.25) is 0 Å². The average Bonchev–Trinajstić information content (AvgIpc) is 2.64. The van der Waals surface area contributed by atoms with Gasteiger partial charge in [-0.25, -0.2) is 0 Å². The van der Waals surface area contributed by atoms with Crippen LogP contribution >= 0.6 is 0 Å². The highest BCUT2D eigenvalue weighted by Gasteiger charge is 2.17.